The second-order valence-electron chi connectivity index (χ2n) is 4.89. The van der Waals surface area contributed by atoms with E-state index in [-0.39, 0.29) is 12.3 Å². The van der Waals surface area contributed by atoms with Gasteiger partial charge in [-0.25, -0.2) is 4.79 Å². The fraction of sp³-hybridized carbons (Fsp3) is 0.125. The zero-order chi connectivity index (χ0) is 15.5. The van der Waals surface area contributed by atoms with E-state index < -0.39 is 5.76 Å². The molecule has 2 N–H and O–H groups in total. The van der Waals surface area contributed by atoms with E-state index in [9.17, 15) is 9.59 Å². The summed E-state index contributed by atoms with van der Waals surface area (Å²) in [5.74, 6) is -0.625. The minimum absolute atomic E-state index is 0.120. The molecule has 0 aliphatic rings. The standard InChI is InChI=1S/C16H13ClN2O3/c17-12-4-2-1-3-11(12)9-18-15(20)8-10-5-6-14-13(7-10)19-16(21)22-14/h1-7H,8-9H2,(H,18,20)(H,19,21). The molecule has 1 heterocycles. The molecule has 22 heavy (non-hydrogen) atoms. The van der Waals surface area contributed by atoms with Gasteiger partial charge in [0.1, 0.15) is 0 Å². The fourth-order valence-electron chi connectivity index (χ4n) is 2.19. The molecule has 0 unspecified atom stereocenters. The average Bonchev–Trinajstić information content (AvgIpc) is 2.86. The Hall–Kier alpha value is -2.53. The molecule has 1 amide bonds. The predicted molar refractivity (Wildman–Crippen MR) is 83.8 cm³/mol. The van der Waals surface area contributed by atoms with Crippen LogP contribution in [-0.2, 0) is 17.8 Å². The summed E-state index contributed by atoms with van der Waals surface area (Å²) < 4.78 is 4.92. The molecule has 6 heteroatoms. The van der Waals surface area contributed by atoms with Crippen LogP contribution in [0.4, 0.5) is 0 Å². The number of carbonyl (C=O) groups excluding carboxylic acids is 1. The highest BCUT2D eigenvalue weighted by molar-refractivity contribution is 6.31. The van der Waals surface area contributed by atoms with Crippen molar-refractivity contribution in [1.29, 1.82) is 0 Å². The smallest absolute Gasteiger partial charge is 0.408 e. The Morgan fingerprint density at radius 2 is 2.05 bits per heavy atom. The van der Waals surface area contributed by atoms with Gasteiger partial charge in [-0.3, -0.25) is 9.78 Å². The highest BCUT2D eigenvalue weighted by Crippen LogP contribution is 2.15. The molecule has 0 bridgehead atoms. The minimum atomic E-state index is -0.504. The summed E-state index contributed by atoms with van der Waals surface area (Å²) >= 11 is 6.04. The number of halogens is 1. The molecule has 2 aromatic carbocycles. The molecule has 1 aromatic heterocycles. The number of oxazole rings is 1. The summed E-state index contributed by atoms with van der Waals surface area (Å²) in [5.41, 5.74) is 2.72. The second kappa shape index (κ2) is 6.07. The number of benzene rings is 2. The molecule has 0 atom stereocenters. The van der Waals surface area contributed by atoms with Crippen LogP contribution in [0.25, 0.3) is 11.1 Å². The van der Waals surface area contributed by atoms with Gasteiger partial charge in [-0.1, -0.05) is 35.9 Å². The molecule has 5 nitrogen and oxygen atoms in total. The summed E-state index contributed by atoms with van der Waals surface area (Å²) in [5, 5.41) is 3.45. The van der Waals surface area contributed by atoms with Crippen molar-refractivity contribution in [3.63, 3.8) is 0 Å². The summed E-state index contributed by atoms with van der Waals surface area (Å²) in [6, 6.07) is 12.5. The van der Waals surface area contributed by atoms with Crippen molar-refractivity contribution in [2.45, 2.75) is 13.0 Å². The number of nitrogens with one attached hydrogen (secondary N) is 2. The zero-order valence-corrected chi connectivity index (χ0v) is 12.3. The maximum Gasteiger partial charge on any atom is 0.417 e. The van der Waals surface area contributed by atoms with E-state index in [1.54, 1.807) is 24.3 Å². The largest absolute Gasteiger partial charge is 0.417 e. The van der Waals surface area contributed by atoms with E-state index in [1.807, 2.05) is 18.2 Å². The third-order valence-corrected chi connectivity index (χ3v) is 3.65. The van der Waals surface area contributed by atoms with E-state index in [0.717, 1.165) is 11.1 Å². The van der Waals surface area contributed by atoms with Crippen LogP contribution in [0.1, 0.15) is 11.1 Å². The van der Waals surface area contributed by atoms with Crippen LogP contribution in [0, 0.1) is 0 Å². The number of fused-ring (bicyclic) bond motifs is 1. The summed E-state index contributed by atoms with van der Waals surface area (Å²) in [7, 11) is 0. The van der Waals surface area contributed by atoms with E-state index in [2.05, 4.69) is 10.3 Å². The molecule has 0 aliphatic carbocycles. The maximum atomic E-state index is 12.0. The van der Waals surface area contributed by atoms with Crippen molar-refractivity contribution in [3.05, 3.63) is 69.2 Å². The van der Waals surface area contributed by atoms with Crippen LogP contribution in [0.5, 0.6) is 0 Å². The lowest BCUT2D eigenvalue weighted by Crippen LogP contribution is -2.24. The topological polar surface area (TPSA) is 75.1 Å². The van der Waals surface area contributed by atoms with Crippen molar-refractivity contribution in [2.24, 2.45) is 0 Å². The number of hydrogen-bond acceptors (Lipinski definition) is 3. The fourth-order valence-corrected chi connectivity index (χ4v) is 2.40. The predicted octanol–water partition coefficient (Wildman–Crippen LogP) is 2.63. The van der Waals surface area contributed by atoms with Crippen molar-refractivity contribution >= 4 is 28.6 Å². The molecule has 0 saturated carbocycles. The van der Waals surface area contributed by atoms with Crippen molar-refractivity contribution in [2.75, 3.05) is 0 Å². The minimum Gasteiger partial charge on any atom is -0.408 e. The molecule has 0 fully saturated rings. The van der Waals surface area contributed by atoms with Crippen LogP contribution < -0.4 is 11.1 Å². The highest BCUT2D eigenvalue weighted by atomic mass is 35.5. The van der Waals surface area contributed by atoms with Gasteiger partial charge in [0.05, 0.1) is 11.9 Å². The molecule has 3 aromatic rings. The van der Waals surface area contributed by atoms with Crippen LogP contribution in [0.2, 0.25) is 5.02 Å². The molecule has 0 aliphatic heterocycles. The first-order valence-corrected chi connectivity index (χ1v) is 7.11. The quantitative estimate of drug-likeness (QED) is 0.777. The van der Waals surface area contributed by atoms with E-state index in [4.69, 9.17) is 16.0 Å². The van der Waals surface area contributed by atoms with Crippen molar-refractivity contribution < 1.29 is 9.21 Å². The lowest BCUT2D eigenvalue weighted by atomic mass is 10.1. The molecule has 0 saturated heterocycles. The molecule has 3 rings (SSSR count). The van der Waals surface area contributed by atoms with Gasteiger partial charge in [-0.15, -0.1) is 0 Å². The Morgan fingerprint density at radius 1 is 1.23 bits per heavy atom. The average molecular weight is 317 g/mol. The molecule has 112 valence electrons. The van der Waals surface area contributed by atoms with E-state index in [0.29, 0.717) is 22.7 Å². The van der Waals surface area contributed by atoms with Crippen LogP contribution >= 0.6 is 11.6 Å². The van der Waals surface area contributed by atoms with Gasteiger partial charge in [0, 0.05) is 11.6 Å². The summed E-state index contributed by atoms with van der Waals surface area (Å²) in [4.78, 5) is 25.7. The van der Waals surface area contributed by atoms with Crippen molar-refractivity contribution in [1.82, 2.24) is 10.3 Å². The third kappa shape index (κ3) is 3.20. The monoisotopic (exact) mass is 316 g/mol. The second-order valence-corrected chi connectivity index (χ2v) is 5.30. The molecule has 0 radical (unpaired) electrons. The van der Waals surface area contributed by atoms with Gasteiger partial charge in [-0.05, 0) is 29.3 Å². The number of aromatic nitrogens is 1. The SMILES string of the molecule is O=C(Cc1ccc2oc(=O)[nH]c2c1)NCc1ccccc1Cl. The van der Waals surface area contributed by atoms with Gasteiger partial charge in [0.2, 0.25) is 5.91 Å². The number of H-pyrrole nitrogens is 1. The van der Waals surface area contributed by atoms with Gasteiger partial charge in [-0.2, -0.15) is 0 Å². The third-order valence-electron chi connectivity index (χ3n) is 3.28. The first-order chi connectivity index (χ1) is 10.6. The van der Waals surface area contributed by atoms with Gasteiger partial charge in [0.25, 0.3) is 0 Å². The first kappa shape index (κ1) is 14.4. The van der Waals surface area contributed by atoms with Gasteiger partial charge in [0.15, 0.2) is 5.58 Å². The Kier molecular flexibility index (Phi) is 3.98. The lowest BCUT2D eigenvalue weighted by molar-refractivity contribution is -0.120. The van der Waals surface area contributed by atoms with Gasteiger partial charge < -0.3 is 9.73 Å². The van der Waals surface area contributed by atoms with Crippen LogP contribution in [-0.4, -0.2) is 10.9 Å². The molecular formula is C16H13ClN2O3. The Morgan fingerprint density at radius 3 is 2.86 bits per heavy atom. The van der Waals surface area contributed by atoms with Crippen LogP contribution in [0.3, 0.4) is 0 Å². The number of carbonyl (C=O) groups is 1. The summed E-state index contributed by atoms with van der Waals surface area (Å²) in [6.07, 6.45) is 0.216. The molecular weight excluding hydrogens is 304 g/mol. The number of aromatic amines is 1. The highest BCUT2D eigenvalue weighted by Gasteiger charge is 2.07. The van der Waals surface area contributed by atoms with E-state index in [1.165, 1.54) is 0 Å². The summed E-state index contributed by atoms with van der Waals surface area (Å²) in [6.45, 7) is 0.378. The maximum absolute atomic E-state index is 12.0. The normalized spacial score (nSPS) is 10.8. The van der Waals surface area contributed by atoms with Crippen molar-refractivity contribution in [3.8, 4) is 0 Å². The number of rotatable bonds is 4. The number of hydrogen-bond donors (Lipinski definition) is 2. The lowest BCUT2D eigenvalue weighted by Gasteiger charge is -2.07. The zero-order valence-electron chi connectivity index (χ0n) is 11.6. The Labute approximate surface area is 130 Å². The number of amides is 1. The Balaban J connectivity index is 1.65. The van der Waals surface area contributed by atoms with E-state index >= 15 is 0 Å². The first-order valence-electron chi connectivity index (χ1n) is 6.74. The van der Waals surface area contributed by atoms with Crippen LogP contribution in [0.15, 0.2) is 51.7 Å². The molecule has 0 spiro atoms. The Bertz CT molecular complexity index is 882. The van der Waals surface area contributed by atoms with Gasteiger partial charge >= 0.3 is 5.76 Å².